The maximum absolute atomic E-state index is 14.0. The molecule has 0 spiro atoms. The van der Waals surface area contributed by atoms with Gasteiger partial charge in [0.2, 0.25) is 0 Å². The summed E-state index contributed by atoms with van der Waals surface area (Å²) in [5.74, 6) is 0.592. The van der Waals surface area contributed by atoms with E-state index in [0.717, 1.165) is 6.42 Å². The molecule has 2 nitrogen and oxygen atoms in total. The lowest BCUT2D eigenvalue weighted by atomic mass is 9.97. The van der Waals surface area contributed by atoms with Crippen molar-refractivity contribution in [3.63, 3.8) is 0 Å². The number of ether oxygens (including phenoxy) is 1. The lowest BCUT2D eigenvalue weighted by molar-refractivity contribution is 0.192. The number of benzene rings is 1. The van der Waals surface area contributed by atoms with Gasteiger partial charge in [0.15, 0.2) is 0 Å². The Hall–Kier alpha value is -1.09. The number of halogens is 1. The summed E-state index contributed by atoms with van der Waals surface area (Å²) in [6, 6.07) is 7.12. The summed E-state index contributed by atoms with van der Waals surface area (Å²) in [4.78, 5) is 0. The van der Waals surface area contributed by atoms with Gasteiger partial charge in [-0.25, -0.2) is 4.39 Å². The fourth-order valence-corrected chi connectivity index (χ4v) is 1.35. The lowest BCUT2D eigenvalue weighted by Gasteiger charge is -2.21. The first-order chi connectivity index (χ1) is 7.11. The summed E-state index contributed by atoms with van der Waals surface area (Å²) in [7, 11) is 0. The van der Waals surface area contributed by atoms with Gasteiger partial charge < -0.3 is 10.5 Å². The number of alkyl halides is 1. The predicted molar refractivity (Wildman–Crippen MR) is 59.7 cm³/mol. The lowest BCUT2D eigenvalue weighted by Crippen LogP contribution is -2.27. The fourth-order valence-electron chi connectivity index (χ4n) is 1.35. The molecule has 0 bridgehead atoms. The Kier molecular flexibility index (Phi) is 4.09. The summed E-state index contributed by atoms with van der Waals surface area (Å²) >= 11 is 0. The highest BCUT2D eigenvalue weighted by Crippen LogP contribution is 2.32. The number of nitrogens with two attached hydrogens (primary N) is 1. The van der Waals surface area contributed by atoms with Gasteiger partial charge in [-0.1, -0.05) is 25.1 Å². The van der Waals surface area contributed by atoms with Crippen molar-refractivity contribution in [1.82, 2.24) is 0 Å². The van der Waals surface area contributed by atoms with Gasteiger partial charge in [-0.05, 0) is 19.4 Å². The van der Waals surface area contributed by atoms with E-state index in [9.17, 15) is 4.39 Å². The van der Waals surface area contributed by atoms with Gasteiger partial charge in [-0.2, -0.15) is 0 Å². The van der Waals surface area contributed by atoms with Crippen molar-refractivity contribution >= 4 is 0 Å². The molecule has 3 heteroatoms. The Balaban J connectivity index is 2.95. The third-order valence-electron chi connectivity index (χ3n) is 2.29. The first kappa shape index (κ1) is 12.0. The van der Waals surface area contributed by atoms with Crippen LogP contribution < -0.4 is 10.5 Å². The van der Waals surface area contributed by atoms with Crippen molar-refractivity contribution in [2.45, 2.75) is 25.9 Å². The Bertz CT molecular complexity index is 312. The van der Waals surface area contributed by atoms with E-state index in [-0.39, 0.29) is 6.54 Å². The molecule has 1 aromatic carbocycles. The average Bonchev–Trinajstić information content (AvgIpc) is 2.26. The molecule has 15 heavy (non-hydrogen) atoms. The Labute approximate surface area is 90.2 Å². The summed E-state index contributed by atoms with van der Waals surface area (Å²) < 4.78 is 19.5. The van der Waals surface area contributed by atoms with E-state index in [1.807, 2.05) is 13.0 Å². The van der Waals surface area contributed by atoms with Crippen LogP contribution in [0, 0.1) is 0 Å². The van der Waals surface area contributed by atoms with Gasteiger partial charge in [-0.3, -0.25) is 0 Å². The zero-order valence-corrected chi connectivity index (χ0v) is 9.29. The fraction of sp³-hybridized carbons (Fsp3) is 0.500. The van der Waals surface area contributed by atoms with Crippen molar-refractivity contribution in [3.05, 3.63) is 29.8 Å². The van der Waals surface area contributed by atoms with Crippen LogP contribution in [0.3, 0.4) is 0 Å². The van der Waals surface area contributed by atoms with Crippen LogP contribution in [0.4, 0.5) is 4.39 Å². The monoisotopic (exact) mass is 211 g/mol. The molecule has 1 aromatic rings. The van der Waals surface area contributed by atoms with Crippen molar-refractivity contribution in [1.29, 1.82) is 0 Å². The Morgan fingerprint density at radius 3 is 2.67 bits per heavy atom. The van der Waals surface area contributed by atoms with Crippen LogP contribution >= 0.6 is 0 Å². The van der Waals surface area contributed by atoms with Crippen LogP contribution in [-0.2, 0) is 5.67 Å². The van der Waals surface area contributed by atoms with Crippen molar-refractivity contribution in [2.24, 2.45) is 5.73 Å². The second kappa shape index (κ2) is 5.12. The molecule has 84 valence electrons. The molecule has 0 aliphatic rings. The molecule has 0 radical (unpaired) electrons. The minimum atomic E-state index is -1.52. The van der Waals surface area contributed by atoms with Crippen LogP contribution in [-0.4, -0.2) is 13.2 Å². The van der Waals surface area contributed by atoms with Gasteiger partial charge in [0, 0.05) is 12.1 Å². The molecule has 0 aliphatic carbocycles. The topological polar surface area (TPSA) is 35.2 Å². The standard InChI is InChI=1S/C12H18FNO/c1-3-8-15-11-7-5-4-6-10(11)12(2,13)9-14/h4-7H,3,8-9,14H2,1-2H3. The van der Waals surface area contributed by atoms with Gasteiger partial charge in [0.05, 0.1) is 6.61 Å². The summed E-state index contributed by atoms with van der Waals surface area (Å²) in [6.07, 6.45) is 0.903. The largest absolute Gasteiger partial charge is 0.493 e. The minimum Gasteiger partial charge on any atom is -0.493 e. The van der Waals surface area contributed by atoms with Gasteiger partial charge in [0.1, 0.15) is 11.4 Å². The normalized spacial score (nSPS) is 14.7. The maximum atomic E-state index is 14.0. The quantitative estimate of drug-likeness (QED) is 0.812. The molecule has 2 N–H and O–H groups in total. The second-order valence-corrected chi connectivity index (χ2v) is 3.75. The van der Waals surface area contributed by atoms with Crippen LogP contribution in [0.25, 0.3) is 0 Å². The van der Waals surface area contributed by atoms with Gasteiger partial charge >= 0.3 is 0 Å². The smallest absolute Gasteiger partial charge is 0.148 e. The maximum Gasteiger partial charge on any atom is 0.148 e. The third-order valence-corrected chi connectivity index (χ3v) is 2.29. The molecule has 0 saturated heterocycles. The predicted octanol–water partition coefficient (Wildman–Crippen LogP) is 2.62. The molecule has 0 amide bonds. The van der Waals surface area contributed by atoms with Crippen molar-refractivity contribution < 1.29 is 9.13 Å². The molecule has 0 heterocycles. The van der Waals surface area contributed by atoms with E-state index in [4.69, 9.17) is 10.5 Å². The summed E-state index contributed by atoms with van der Waals surface area (Å²) in [5.41, 5.74) is 4.41. The molecular weight excluding hydrogens is 193 g/mol. The van der Waals surface area contributed by atoms with Crippen LogP contribution in [0.15, 0.2) is 24.3 Å². The number of hydrogen-bond donors (Lipinski definition) is 1. The third kappa shape index (κ3) is 2.93. The summed E-state index contributed by atoms with van der Waals surface area (Å²) in [6.45, 7) is 4.04. The molecular formula is C12H18FNO. The summed E-state index contributed by atoms with van der Waals surface area (Å²) in [5, 5.41) is 0. The van der Waals surface area contributed by atoms with Gasteiger partial charge in [-0.15, -0.1) is 0 Å². The molecule has 0 aromatic heterocycles. The highest BCUT2D eigenvalue weighted by molar-refractivity contribution is 5.37. The zero-order chi connectivity index (χ0) is 11.3. The Morgan fingerprint density at radius 2 is 2.07 bits per heavy atom. The molecule has 0 saturated carbocycles. The molecule has 0 fully saturated rings. The molecule has 1 rings (SSSR count). The van der Waals surface area contributed by atoms with E-state index in [1.165, 1.54) is 6.92 Å². The van der Waals surface area contributed by atoms with E-state index in [0.29, 0.717) is 17.9 Å². The van der Waals surface area contributed by atoms with Gasteiger partial charge in [0.25, 0.3) is 0 Å². The first-order valence-electron chi connectivity index (χ1n) is 5.23. The van der Waals surface area contributed by atoms with E-state index < -0.39 is 5.67 Å². The van der Waals surface area contributed by atoms with Crippen molar-refractivity contribution in [2.75, 3.05) is 13.2 Å². The van der Waals surface area contributed by atoms with E-state index >= 15 is 0 Å². The first-order valence-corrected chi connectivity index (χ1v) is 5.23. The molecule has 0 aliphatic heterocycles. The second-order valence-electron chi connectivity index (χ2n) is 3.75. The van der Waals surface area contributed by atoms with E-state index in [1.54, 1.807) is 18.2 Å². The highest BCUT2D eigenvalue weighted by Gasteiger charge is 2.27. The molecule has 1 unspecified atom stereocenters. The number of rotatable bonds is 5. The van der Waals surface area contributed by atoms with Crippen molar-refractivity contribution in [3.8, 4) is 5.75 Å². The Morgan fingerprint density at radius 1 is 1.40 bits per heavy atom. The highest BCUT2D eigenvalue weighted by atomic mass is 19.1. The minimum absolute atomic E-state index is 0.0422. The van der Waals surface area contributed by atoms with E-state index in [2.05, 4.69) is 0 Å². The average molecular weight is 211 g/mol. The van der Waals surface area contributed by atoms with Crippen LogP contribution in [0.1, 0.15) is 25.8 Å². The SMILES string of the molecule is CCCOc1ccccc1C(C)(F)CN. The number of para-hydroxylation sites is 1. The zero-order valence-electron chi connectivity index (χ0n) is 9.29. The number of hydrogen-bond acceptors (Lipinski definition) is 2. The van der Waals surface area contributed by atoms with Crippen LogP contribution in [0.5, 0.6) is 5.75 Å². The molecule has 1 atom stereocenters. The van der Waals surface area contributed by atoms with Crippen LogP contribution in [0.2, 0.25) is 0 Å².